The van der Waals surface area contributed by atoms with Gasteiger partial charge >= 0.3 is 6.03 Å². The highest BCUT2D eigenvalue weighted by Crippen LogP contribution is 1.80. The van der Waals surface area contributed by atoms with E-state index in [-0.39, 0.29) is 0 Å². The molecular weight excluding hydrogens is 150 g/mol. The number of primary amides is 1. The van der Waals surface area contributed by atoms with Gasteiger partial charge in [0.2, 0.25) is 0 Å². The number of rotatable bonds is 1. The van der Waals surface area contributed by atoms with Crippen molar-refractivity contribution in [1.82, 2.24) is 10.4 Å². The molecule has 0 saturated carbocycles. The maximum atomic E-state index is 10.6. The fourth-order valence-corrected chi connectivity index (χ4v) is 0.314. The molecule has 0 unspecified atom stereocenters. The van der Waals surface area contributed by atoms with Gasteiger partial charge in [-0.05, 0) is 6.92 Å². The molecule has 0 aliphatic heterocycles. The smallest absolute Gasteiger partial charge is 0.333 e. The summed E-state index contributed by atoms with van der Waals surface area (Å²) in [6.45, 7) is 1.28. The Morgan fingerprint density at radius 2 is 2.09 bits per heavy atom. The van der Waals surface area contributed by atoms with Crippen molar-refractivity contribution in [3.05, 3.63) is 0 Å². The number of hydrogen-bond donors (Lipinski definition) is 3. The van der Waals surface area contributed by atoms with Crippen molar-refractivity contribution >= 4 is 11.9 Å². The first-order valence-electron chi connectivity index (χ1n) is 2.97. The third-order valence-electron chi connectivity index (χ3n) is 0.988. The number of hydrogen-bond acceptors (Lipinski definition) is 3. The molecule has 0 aromatic carbocycles. The van der Waals surface area contributed by atoms with Gasteiger partial charge in [-0.1, -0.05) is 0 Å². The fourth-order valence-electron chi connectivity index (χ4n) is 0.314. The number of nitrogens with zero attached hydrogens (tertiary/aromatic N) is 1. The Bertz CT molecular complexity index is 168. The zero-order valence-electron chi connectivity index (χ0n) is 6.37. The predicted molar refractivity (Wildman–Crippen MR) is 37.2 cm³/mol. The molecule has 0 aliphatic rings. The van der Waals surface area contributed by atoms with Crippen LogP contribution in [0.4, 0.5) is 4.79 Å². The van der Waals surface area contributed by atoms with Crippen molar-refractivity contribution in [2.75, 3.05) is 7.05 Å². The summed E-state index contributed by atoms with van der Waals surface area (Å²) < 4.78 is 0. The quantitative estimate of drug-likeness (QED) is 0.404. The number of nitrogens with one attached hydrogen (secondary N) is 1. The third kappa shape index (κ3) is 3.41. The third-order valence-corrected chi connectivity index (χ3v) is 0.988. The topological polar surface area (TPSA) is 95.7 Å². The number of carbonyl (C=O) groups excluding carboxylic acids is 2. The van der Waals surface area contributed by atoms with Crippen LogP contribution in [0.25, 0.3) is 0 Å². The Labute approximate surface area is 63.9 Å². The Kier molecular flexibility index (Phi) is 3.32. The molecule has 0 aromatic rings. The normalized spacial score (nSPS) is 11.9. The van der Waals surface area contributed by atoms with Crippen molar-refractivity contribution < 1.29 is 14.7 Å². The lowest BCUT2D eigenvalue weighted by Crippen LogP contribution is -2.48. The summed E-state index contributed by atoms with van der Waals surface area (Å²) in [6.07, 6.45) is -1.16. The molecule has 0 fully saturated rings. The van der Waals surface area contributed by atoms with Crippen LogP contribution in [0, 0.1) is 0 Å². The van der Waals surface area contributed by atoms with E-state index < -0.39 is 18.0 Å². The lowest BCUT2D eigenvalue weighted by atomic mass is 10.4. The zero-order chi connectivity index (χ0) is 9.02. The number of aliphatic hydroxyl groups excluding tert-OH is 1. The maximum Gasteiger partial charge on any atom is 0.333 e. The minimum absolute atomic E-state index is 0.675. The van der Waals surface area contributed by atoms with E-state index in [1.807, 2.05) is 5.43 Å². The van der Waals surface area contributed by atoms with Gasteiger partial charge in [-0.15, -0.1) is 0 Å². The molecule has 0 bridgehead atoms. The molecule has 6 heteroatoms. The Hall–Kier alpha value is -1.30. The van der Waals surface area contributed by atoms with E-state index in [9.17, 15) is 9.59 Å². The molecule has 0 aromatic heterocycles. The second-order valence-electron chi connectivity index (χ2n) is 2.05. The summed E-state index contributed by atoms with van der Waals surface area (Å²) in [5.41, 5.74) is 6.82. The number of carbonyl (C=O) groups is 2. The largest absolute Gasteiger partial charge is 0.383 e. The molecule has 0 saturated heterocycles. The second-order valence-corrected chi connectivity index (χ2v) is 2.05. The number of urea groups is 1. The lowest BCUT2D eigenvalue weighted by molar-refractivity contribution is -0.131. The highest BCUT2D eigenvalue weighted by Gasteiger charge is 2.11. The van der Waals surface area contributed by atoms with Gasteiger partial charge in [0.05, 0.1) is 0 Å². The molecule has 0 spiro atoms. The van der Waals surface area contributed by atoms with E-state index in [4.69, 9.17) is 10.8 Å². The monoisotopic (exact) mass is 161 g/mol. The van der Waals surface area contributed by atoms with Crippen LogP contribution in [0.1, 0.15) is 6.92 Å². The molecule has 0 heterocycles. The average Bonchev–Trinajstić information content (AvgIpc) is 1.87. The van der Waals surface area contributed by atoms with Crippen molar-refractivity contribution in [3.8, 4) is 0 Å². The van der Waals surface area contributed by atoms with Crippen molar-refractivity contribution in [2.24, 2.45) is 5.73 Å². The van der Waals surface area contributed by atoms with Gasteiger partial charge < -0.3 is 10.8 Å². The first kappa shape index (κ1) is 9.70. The lowest BCUT2D eigenvalue weighted by Gasteiger charge is -2.16. The van der Waals surface area contributed by atoms with Crippen LogP contribution < -0.4 is 11.2 Å². The van der Waals surface area contributed by atoms with E-state index >= 15 is 0 Å². The van der Waals surface area contributed by atoms with Gasteiger partial charge in [0.15, 0.2) is 0 Å². The van der Waals surface area contributed by atoms with Crippen LogP contribution in [0.5, 0.6) is 0 Å². The summed E-state index contributed by atoms with van der Waals surface area (Å²) in [5.74, 6) is -0.675. The van der Waals surface area contributed by atoms with E-state index in [0.29, 0.717) is 0 Å². The van der Waals surface area contributed by atoms with E-state index in [0.717, 1.165) is 5.01 Å². The molecule has 0 radical (unpaired) electrons. The van der Waals surface area contributed by atoms with E-state index in [1.165, 1.54) is 14.0 Å². The molecule has 1 atom stereocenters. The molecule has 6 nitrogen and oxygen atoms in total. The summed E-state index contributed by atoms with van der Waals surface area (Å²) in [4.78, 5) is 21.0. The number of amides is 3. The SMILES string of the molecule is C[C@@H](O)C(=O)NN(C)C(N)=O. The van der Waals surface area contributed by atoms with Crippen LogP contribution >= 0.6 is 0 Å². The van der Waals surface area contributed by atoms with Crippen molar-refractivity contribution in [2.45, 2.75) is 13.0 Å². The Balaban J connectivity index is 3.85. The van der Waals surface area contributed by atoms with Crippen molar-refractivity contribution in [1.29, 1.82) is 0 Å². The zero-order valence-corrected chi connectivity index (χ0v) is 6.37. The van der Waals surface area contributed by atoms with Crippen LogP contribution in [0.3, 0.4) is 0 Å². The Morgan fingerprint density at radius 3 is 2.36 bits per heavy atom. The van der Waals surface area contributed by atoms with Gasteiger partial charge in [-0.25, -0.2) is 9.80 Å². The van der Waals surface area contributed by atoms with Gasteiger partial charge in [-0.2, -0.15) is 0 Å². The summed E-state index contributed by atoms with van der Waals surface area (Å²) >= 11 is 0. The molecule has 64 valence electrons. The minimum Gasteiger partial charge on any atom is -0.383 e. The van der Waals surface area contributed by atoms with Gasteiger partial charge in [0, 0.05) is 7.05 Å². The highest BCUT2D eigenvalue weighted by molar-refractivity contribution is 5.82. The summed E-state index contributed by atoms with van der Waals surface area (Å²) in [7, 11) is 1.28. The van der Waals surface area contributed by atoms with Gasteiger partial charge in [0.25, 0.3) is 5.91 Å². The maximum absolute atomic E-state index is 10.6. The summed E-state index contributed by atoms with van der Waals surface area (Å²) in [5, 5.41) is 9.45. The standard InChI is InChI=1S/C5H11N3O3/c1-3(9)4(10)7-8(2)5(6)11/h3,9H,1-2H3,(H2,6,11)(H,7,10)/t3-/m1/s1. The first-order valence-corrected chi connectivity index (χ1v) is 2.97. The number of nitrogens with two attached hydrogens (primary N) is 1. The molecule has 3 amide bonds. The van der Waals surface area contributed by atoms with Gasteiger partial charge in [-0.3, -0.25) is 10.2 Å². The fraction of sp³-hybridized carbons (Fsp3) is 0.600. The molecular formula is C5H11N3O3. The molecule has 4 N–H and O–H groups in total. The molecule has 0 aliphatic carbocycles. The number of hydrazine groups is 1. The van der Waals surface area contributed by atoms with E-state index in [1.54, 1.807) is 0 Å². The Morgan fingerprint density at radius 1 is 1.64 bits per heavy atom. The first-order chi connectivity index (χ1) is 4.95. The van der Waals surface area contributed by atoms with Gasteiger partial charge in [0.1, 0.15) is 6.10 Å². The minimum atomic E-state index is -1.16. The van der Waals surface area contributed by atoms with Crippen LogP contribution in [-0.4, -0.2) is 35.2 Å². The summed E-state index contributed by atoms with van der Waals surface area (Å²) in [6, 6.07) is -0.793. The molecule has 0 rings (SSSR count). The number of aliphatic hydroxyl groups is 1. The van der Waals surface area contributed by atoms with Crippen LogP contribution in [0.2, 0.25) is 0 Å². The second kappa shape index (κ2) is 3.77. The van der Waals surface area contributed by atoms with Crippen molar-refractivity contribution in [3.63, 3.8) is 0 Å². The highest BCUT2D eigenvalue weighted by atomic mass is 16.3. The molecule has 11 heavy (non-hydrogen) atoms. The predicted octanol–water partition coefficient (Wildman–Crippen LogP) is -1.59. The van der Waals surface area contributed by atoms with Crippen LogP contribution in [-0.2, 0) is 4.79 Å². The van der Waals surface area contributed by atoms with Crippen LogP contribution in [0.15, 0.2) is 0 Å². The van der Waals surface area contributed by atoms with E-state index in [2.05, 4.69) is 0 Å². The average molecular weight is 161 g/mol.